The smallest absolute Gasteiger partial charge is 0.0590 e. The van der Waals surface area contributed by atoms with Crippen LogP contribution in [0.25, 0.3) is 0 Å². The van der Waals surface area contributed by atoms with Crippen molar-refractivity contribution in [3.05, 3.63) is 0 Å². The molecule has 2 heterocycles. The molecule has 1 unspecified atom stereocenters. The van der Waals surface area contributed by atoms with Crippen LogP contribution in [0.4, 0.5) is 0 Å². The largest absolute Gasteiger partial charge is 0.301 e. The number of nitrogens with zero attached hydrogens (tertiary/aromatic N) is 3. The minimum Gasteiger partial charge on any atom is -0.301 e. The van der Waals surface area contributed by atoms with Crippen LogP contribution in [0.1, 0.15) is 33.6 Å². The summed E-state index contributed by atoms with van der Waals surface area (Å²) in [7, 11) is 0. The molecule has 0 saturated carbocycles. The van der Waals surface area contributed by atoms with Gasteiger partial charge in [0.15, 0.2) is 0 Å². The minimum atomic E-state index is 0.688. The van der Waals surface area contributed by atoms with Gasteiger partial charge >= 0.3 is 0 Å². The number of rotatable bonds is 3. The summed E-state index contributed by atoms with van der Waals surface area (Å²) in [5.74, 6) is 0. The van der Waals surface area contributed by atoms with Gasteiger partial charge in [-0.1, -0.05) is 22.6 Å². The zero-order valence-corrected chi connectivity index (χ0v) is 14.3. The molecule has 106 valence electrons. The summed E-state index contributed by atoms with van der Waals surface area (Å²) in [6, 6.07) is 1.58. The van der Waals surface area contributed by atoms with Gasteiger partial charge in [-0.2, -0.15) is 0 Å². The van der Waals surface area contributed by atoms with Crippen LogP contribution < -0.4 is 0 Å². The lowest BCUT2D eigenvalue weighted by Crippen LogP contribution is -2.54. The molecule has 2 fully saturated rings. The van der Waals surface area contributed by atoms with Gasteiger partial charge in [0.25, 0.3) is 0 Å². The maximum atomic E-state index is 2.74. The maximum absolute atomic E-state index is 2.74. The highest BCUT2D eigenvalue weighted by molar-refractivity contribution is 14.1. The van der Waals surface area contributed by atoms with Gasteiger partial charge in [-0.15, -0.1) is 0 Å². The first kappa shape index (κ1) is 15.0. The topological polar surface area (TPSA) is 9.72 Å². The Morgan fingerprint density at radius 1 is 0.833 bits per heavy atom. The molecular weight excluding hydrogens is 337 g/mol. The molecule has 2 aliphatic rings. The molecule has 0 aromatic rings. The van der Waals surface area contributed by atoms with E-state index in [9.17, 15) is 0 Å². The van der Waals surface area contributed by atoms with E-state index in [1.807, 2.05) is 0 Å². The van der Waals surface area contributed by atoms with Gasteiger partial charge in [0.1, 0.15) is 0 Å². The molecule has 0 aliphatic carbocycles. The van der Waals surface area contributed by atoms with Crippen LogP contribution in [0.15, 0.2) is 0 Å². The molecule has 0 amide bonds. The zero-order chi connectivity index (χ0) is 13.1. The van der Waals surface area contributed by atoms with Crippen LogP contribution in [-0.2, 0) is 0 Å². The molecule has 4 heteroatoms. The highest BCUT2D eigenvalue weighted by Crippen LogP contribution is 2.20. The summed E-state index contributed by atoms with van der Waals surface area (Å²) in [5, 5.41) is 0. The van der Waals surface area contributed by atoms with Crippen LogP contribution in [0, 0.1) is 0 Å². The third-order valence-electron chi connectivity index (χ3n) is 4.60. The summed E-state index contributed by atoms with van der Waals surface area (Å²) >= 11 is 2.53. The van der Waals surface area contributed by atoms with Gasteiger partial charge < -0.3 is 4.90 Å². The molecule has 0 N–H and O–H groups in total. The summed E-state index contributed by atoms with van der Waals surface area (Å²) in [6.07, 6.45) is 2.75. The Labute approximate surface area is 126 Å². The van der Waals surface area contributed by atoms with E-state index in [-0.39, 0.29) is 0 Å². The summed E-state index contributed by atoms with van der Waals surface area (Å²) in [4.78, 5) is 7.97. The second-order valence-electron chi connectivity index (χ2n) is 6.01. The van der Waals surface area contributed by atoms with Crippen molar-refractivity contribution in [1.82, 2.24) is 14.7 Å². The van der Waals surface area contributed by atoms with Crippen LogP contribution in [0.3, 0.4) is 0 Å². The van der Waals surface area contributed by atoms with Gasteiger partial charge in [-0.05, 0) is 46.7 Å². The summed E-state index contributed by atoms with van der Waals surface area (Å²) < 4.78 is 0.688. The standard InChI is InChI=1S/C14H28IN3/c1-12(2)16-6-4-14(5-7-16)18-10-8-17(9-11-18)13(3)15/h12-14H,4-11H2,1-3H3. The maximum Gasteiger partial charge on any atom is 0.0590 e. The van der Waals surface area contributed by atoms with E-state index in [2.05, 4.69) is 58.1 Å². The van der Waals surface area contributed by atoms with Crippen molar-refractivity contribution in [2.75, 3.05) is 39.3 Å². The Hall–Kier alpha value is 0.610. The molecule has 0 radical (unpaired) electrons. The molecular formula is C14H28IN3. The van der Waals surface area contributed by atoms with Crippen LogP contribution >= 0.6 is 22.6 Å². The second-order valence-corrected chi connectivity index (χ2v) is 7.81. The SMILES string of the molecule is CC(C)N1CCC(N2CCN(C(C)I)CC2)CC1. The second kappa shape index (κ2) is 6.86. The molecule has 3 nitrogen and oxygen atoms in total. The Balaban J connectivity index is 1.75. The van der Waals surface area contributed by atoms with Crippen molar-refractivity contribution in [2.45, 2.75) is 49.7 Å². The Morgan fingerprint density at radius 3 is 1.83 bits per heavy atom. The monoisotopic (exact) mass is 365 g/mol. The van der Waals surface area contributed by atoms with Gasteiger partial charge in [-0.25, -0.2) is 0 Å². The molecule has 0 bridgehead atoms. The number of piperidine rings is 1. The Kier molecular flexibility index (Phi) is 5.72. The van der Waals surface area contributed by atoms with Gasteiger partial charge in [0, 0.05) is 38.3 Å². The van der Waals surface area contributed by atoms with E-state index in [0.29, 0.717) is 4.05 Å². The third-order valence-corrected chi connectivity index (χ3v) is 5.39. The van der Waals surface area contributed by atoms with E-state index < -0.39 is 0 Å². The van der Waals surface area contributed by atoms with E-state index >= 15 is 0 Å². The van der Waals surface area contributed by atoms with Crippen LogP contribution in [-0.4, -0.2) is 70.1 Å². The number of likely N-dealkylation sites (tertiary alicyclic amines) is 1. The van der Waals surface area contributed by atoms with Crippen LogP contribution in [0.5, 0.6) is 0 Å². The number of hydrogen-bond donors (Lipinski definition) is 0. The van der Waals surface area contributed by atoms with Crippen molar-refractivity contribution in [1.29, 1.82) is 0 Å². The van der Waals surface area contributed by atoms with E-state index in [4.69, 9.17) is 0 Å². The molecule has 0 aromatic carbocycles. The van der Waals surface area contributed by atoms with Crippen molar-refractivity contribution in [2.24, 2.45) is 0 Å². The van der Waals surface area contributed by atoms with Crippen LogP contribution in [0.2, 0.25) is 0 Å². The molecule has 1 atom stereocenters. The molecule has 2 saturated heterocycles. The molecule has 2 rings (SSSR count). The van der Waals surface area contributed by atoms with Gasteiger partial charge in [0.2, 0.25) is 0 Å². The third kappa shape index (κ3) is 3.81. The number of alkyl halides is 1. The normalized spacial score (nSPS) is 27.8. The average molecular weight is 365 g/mol. The fourth-order valence-electron chi connectivity index (χ4n) is 3.23. The van der Waals surface area contributed by atoms with E-state index in [0.717, 1.165) is 12.1 Å². The zero-order valence-electron chi connectivity index (χ0n) is 12.1. The molecule has 2 aliphatic heterocycles. The quantitative estimate of drug-likeness (QED) is 0.432. The minimum absolute atomic E-state index is 0.688. The van der Waals surface area contributed by atoms with E-state index in [1.54, 1.807) is 0 Å². The Bertz CT molecular complexity index is 215. The summed E-state index contributed by atoms with van der Waals surface area (Å²) in [5.41, 5.74) is 0. The highest BCUT2D eigenvalue weighted by Gasteiger charge is 2.28. The molecule has 18 heavy (non-hydrogen) atoms. The lowest BCUT2D eigenvalue weighted by atomic mass is 10.0. The highest BCUT2D eigenvalue weighted by atomic mass is 127. The molecule has 0 spiro atoms. The first-order valence-electron chi connectivity index (χ1n) is 7.44. The van der Waals surface area contributed by atoms with Gasteiger partial charge in [-0.3, -0.25) is 9.80 Å². The Morgan fingerprint density at radius 2 is 1.39 bits per heavy atom. The number of piperazine rings is 1. The predicted octanol–water partition coefficient (Wildman–Crippen LogP) is 2.26. The summed E-state index contributed by atoms with van der Waals surface area (Å²) in [6.45, 7) is 14.6. The fourth-order valence-corrected chi connectivity index (χ4v) is 3.78. The first-order chi connectivity index (χ1) is 8.58. The predicted molar refractivity (Wildman–Crippen MR) is 86.4 cm³/mol. The van der Waals surface area contributed by atoms with Crippen molar-refractivity contribution in [3.63, 3.8) is 0 Å². The number of halogens is 1. The lowest BCUT2D eigenvalue weighted by Gasteiger charge is -2.44. The average Bonchev–Trinajstić information content (AvgIpc) is 2.39. The molecule has 0 aromatic heterocycles. The number of hydrogen-bond acceptors (Lipinski definition) is 3. The van der Waals surface area contributed by atoms with Crippen molar-refractivity contribution < 1.29 is 0 Å². The van der Waals surface area contributed by atoms with Gasteiger partial charge in [0.05, 0.1) is 4.05 Å². The van der Waals surface area contributed by atoms with Crippen molar-refractivity contribution >= 4 is 22.6 Å². The van der Waals surface area contributed by atoms with Crippen molar-refractivity contribution in [3.8, 4) is 0 Å². The lowest BCUT2D eigenvalue weighted by molar-refractivity contribution is 0.0517. The first-order valence-corrected chi connectivity index (χ1v) is 8.68. The van der Waals surface area contributed by atoms with E-state index in [1.165, 1.54) is 52.1 Å². The fraction of sp³-hybridized carbons (Fsp3) is 1.00.